The molecule has 0 saturated heterocycles. The molecule has 320 valence electrons. The summed E-state index contributed by atoms with van der Waals surface area (Å²) >= 11 is 0. The molecule has 5 amide bonds. The number of alkyl carbamates (subject to hydrolysis) is 1. The summed E-state index contributed by atoms with van der Waals surface area (Å²) in [6, 6.07) is 29.8. The summed E-state index contributed by atoms with van der Waals surface area (Å²) in [5.74, 6) is 1.83. The summed E-state index contributed by atoms with van der Waals surface area (Å²) in [6.45, 7) is 1.66. The summed E-state index contributed by atoms with van der Waals surface area (Å²) in [4.78, 5) is 69.5. The van der Waals surface area contributed by atoms with Gasteiger partial charge in [-0.15, -0.1) is 0 Å². The number of nitrogens with two attached hydrogens (primary N) is 1. The van der Waals surface area contributed by atoms with E-state index in [-0.39, 0.29) is 63.1 Å². The molecular formula is C42H48F3N7O8. The van der Waals surface area contributed by atoms with Crippen LogP contribution in [0.4, 0.5) is 33.4 Å². The van der Waals surface area contributed by atoms with Gasteiger partial charge < -0.3 is 34.6 Å². The monoisotopic (exact) mass is 835 g/mol. The lowest BCUT2D eigenvalue weighted by molar-refractivity contribution is -0.170. The van der Waals surface area contributed by atoms with Gasteiger partial charge in [0.15, 0.2) is 0 Å². The Morgan fingerprint density at radius 3 is 1.45 bits per heavy atom. The maximum absolute atomic E-state index is 13.2. The van der Waals surface area contributed by atoms with Crippen LogP contribution in [-0.4, -0.2) is 90.3 Å². The van der Waals surface area contributed by atoms with Gasteiger partial charge >= 0.3 is 30.4 Å². The van der Waals surface area contributed by atoms with Crippen LogP contribution < -0.4 is 21.5 Å². The molecule has 4 N–H and O–H groups in total. The van der Waals surface area contributed by atoms with Crippen molar-refractivity contribution in [1.29, 1.82) is 0 Å². The van der Waals surface area contributed by atoms with E-state index >= 15 is 0 Å². The van der Waals surface area contributed by atoms with Gasteiger partial charge in [-0.2, -0.15) is 13.2 Å². The van der Waals surface area contributed by atoms with Crippen LogP contribution in [0.25, 0.3) is 0 Å². The van der Waals surface area contributed by atoms with E-state index in [1.807, 2.05) is 91.0 Å². The van der Waals surface area contributed by atoms with E-state index in [1.165, 1.54) is 11.0 Å². The Kier molecular flexibility index (Phi) is 18.6. The smallest absolute Gasteiger partial charge is 0.445 e. The molecule has 4 rings (SSSR count). The summed E-state index contributed by atoms with van der Waals surface area (Å²) in [5.41, 5.74) is 2.48. The van der Waals surface area contributed by atoms with Crippen LogP contribution in [-0.2, 0) is 38.8 Å². The Hall–Kier alpha value is -6.69. The highest BCUT2D eigenvalue weighted by Crippen LogP contribution is 2.20. The number of ether oxygens (including phenoxy) is 3. The summed E-state index contributed by atoms with van der Waals surface area (Å²) in [6.07, 6.45) is -4.19. The van der Waals surface area contributed by atoms with Gasteiger partial charge in [0.1, 0.15) is 25.6 Å². The second-order valence-electron chi connectivity index (χ2n) is 13.3. The van der Waals surface area contributed by atoms with Gasteiger partial charge in [0.2, 0.25) is 0 Å². The fraction of sp³-hybridized carbons (Fsp3) is 0.333. The first-order chi connectivity index (χ1) is 28.9. The van der Waals surface area contributed by atoms with Crippen LogP contribution in [0.15, 0.2) is 109 Å². The quantitative estimate of drug-likeness (QED) is 0.0281. The number of anilines is 1. The number of alkyl halides is 3. The lowest BCUT2D eigenvalue weighted by Gasteiger charge is -2.25. The van der Waals surface area contributed by atoms with Crippen molar-refractivity contribution in [2.75, 3.05) is 44.3 Å². The van der Waals surface area contributed by atoms with Crippen LogP contribution >= 0.6 is 0 Å². The van der Waals surface area contributed by atoms with Crippen LogP contribution in [0.2, 0.25) is 0 Å². The number of carbonyl (C=O) groups excluding carboxylic acids is 5. The van der Waals surface area contributed by atoms with Crippen LogP contribution in [0.3, 0.4) is 0 Å². The Morgan fingerprint density at radius 1 is 0.583 bits per heavy atom. The summed E-state index contributed by atoms with van der Waals surface area (Å²) < 4.78 is 54.6. The maximum atomic E-state index is 13.2. The molecule has 4 aromatic rings. The number of rotatable bonds is 21. The lowest BCUT2D eigenvalue weighted by Crippen LogP contribution is -2.46. The largest absolute Gasteiger partial charge is 0.473 e. The second-order valence-corrected chi connectivity index (χ2v) is 13.3. The second kappa shape index (κ2) is 24.3. The minimum atomic E-state index is -5.20. The topological polar surface area (TPSA) is 186 Å². The van der Waals surface area contributed by atoms with Crippen molar-refractivity contribution in [2.45, 2.75) is 51.7 Å². The van der Waals surface area contributed by atoms with E-state index in [4.69, 9.17) is 20.1 Å². The van der Waals surface area contributed by atoms with E-state index in [2.05, 4.69) is 15.6 Å². The van der Waals surface area contributed by atoms with E-state index in [9.17, 15) is 37.1 Å². The van der Waals surface area contributed by atoms with Gasteiger partial charge in [0.25, 0.3) is 5.91 Å². The lowest BCUT2D eigenvalue weighted by atomic mass is 10.2. The fourth-order valence-corrected chi connectivity index (χ4v) is 5.53. The number of nitrogens with one attached hydrogen (secondary N) is 2. The zero-order valence-electron chi connectivity index (χ0n) is 32.9. The van der Waals surface area contributed by atoms with Gasteiger partial charge in [0, 0.05) is 45.5 Å². The normalized spacial score (nSPS) is 10.9. The fourth-order valence-electron chi connectivity index (χ4n) is 5.53. The summed E-state index contributed by atoms with van der Waals surface area (Å²) in [5, 5.41) is 5.21. The van der Waals surface area contributed by atoms with Crippen molar-refractivity contribution < 1.29 is 51.4 Å². The minimum absolute atomic E-state index is 0.0105. The Bertz CT molecular complexity index is 1940. The van der Waals surface area contributed by atoms with Crippen molar-refractivity contribution in [3.05, 3.63) is 132 Å². The Morgan fingerprint density at radius 2 is 1.02 bits per heavy atom. The molecule has 1 heterocycles. The molecule has 3 aromatic carbocycles. The molecule has 0 spiro atoms. The molecule has 60 heavy (non-hydrogen) atoms. The number of nitrogens with zero attached hydrogens (tertiary/aromatic N) is 4. The summed E-state index contributed by atoms with van der Waals surface area (Å²) in [7, 11) is 0. The molecule has 0 bridgehead atoms. The number of amides is 5. The molecule has 1 aromatic heterocycles. The van der Waals surface area contributed by atoms with Gasteiger partial charge in [0.05, 0.1) is 5.56 Å². The molecule has 0 unspecified atom stereocenters. The van der Waals surface area contributed by atoms with E-state index in [1.54, 1.807) is 4.90 Å². The van der Waals surface area contributed by atoms with Crippen molar-refractivity contribution >= 4 is 35.9 Å². The number of halogens is 3. The molecule has 0 radical (unpaired) electrons. The highest BCUT2D eigenvalue weighted by atomic mass is 19.4. The number of hydrazine groups is 1. The van der Waals surface area contributed by atoms with E-state index in [0.29, 0.717) is 32.2 Å². The van der Waals surface area contributed by atoms with Gasteiger partial charge in [-0.25, -0.2) is 30.2 Å². The molecule has 15 nitrogen and oxygen atoms in total. The standard InChI is InChI=1S/C42H48F3N7O8/c43-42(44,45)38(54)52(46)36-21-20-35(28-49-36)37(53)47-22-12-26-50(40(56)59-30-33-16-6-2-7-17-33)24-10-11-25-51(41(57)60-31-34-18-8-3-9-19-34)27-13-23-48-39(55)58-29-32-14-4-1-5-15-32/h1-9,14-21,28H,10-13,22-27,29-31,46H2,(H,47,53)(H,48,55). The van der Waals surface area contributed by atoms with Crippen molar-refractivity contribution in [3.8, 4) is 0 Å². The zero-order valence-corrected chi connectivity index (χ0v) is 32.9. The highest BCUT2D eigenvalue weighted by molar-refractivity contribution is 5.96. The van der Waals surface area contributed by atoms with Gasteiger partial charge in [-0.05, 0) is 54.5 Å². The molecule has 0 aliphatic heterocycles. The van der Waals surface area contributed by atoms with Gasteiger partial charge in [-0.3, -0.25) is 9.59 Å². The number of aromatic nitrogens is 1. The molecule has 0 saturated carbocycles. The minimum Gasteiger partial charge on any atom is -0.445 e. The average Bonchev–Trinajstić information content (AvgIpc) is 3.26. The van der Waals surface area contributed by atoms with Crippen LogP contribution in [0.1, 0.15) is 52.7 Å². The highest BCUT2D eigenvalue weighted by Gasteiger charge is 2.42. The third-order valence-corrected chi connectivity index (χ3v) is 8.73. The first-order valence-electron chi connectivity index (χ1n) is 19.2. The number of hydrogen-bond acceptors (Lipinski definition) is 10. The van der Waals surface area contributed by atoms with Gasteiger partial charge in [-0.1, -0.05) is 91.0 Å². The molecule has 0 atom stereocenters. The SMILES string of the molecule is NN(C(=O)C(F)(F)F)c1ccc(C(=O)NCCCN(CCCCN(CCCNC(=O)OCc2ccccc2)C(=O)OCc2ccccc2)C(=O)OCc2ccccc2)cn1. The first kappa shape index (κ1) is 46.0. The number of pyridine rings is 1. The maximum Gasteiger partial charge on any atom is 0.473 e. The molecular weight excluding hydrogens is 787 g/mol. The van der Waals surface area contributed by atoms with E-state index in [0.717, 1.165) is 29.0 Å². The predicted octanol–water partition coefficient (Wildman–Crippen LogP) is 6.34. The molecule has 18 heteroatoms. The number of unbranched alkanes of at least 4 members (excludes halogenated alkanes) is 1. The van der Waals surface area contributed by atoms with E-state index < -0.39 is 42.1 Å². The van der Waals surface area contributed by atoms with Crippen molar-refractivity contribution in [3.63, 3.8) is 0 Å². The first-order valence-corrected chi connectivity index (χ1v) is 19.2. The number of carbonyl (C=O) groups is 5. The Labute approximate surface area is 345 Å². The van der Waals surface area contributed by atoms with Crippen LogP contribution in [0, 0.1) is 0 Å². The zero-order chi connectivity index (χ0) is 43.2. The predicted molar refractivity (Wildman–Crippen MR) is 214 cm³/mol. The third kappa shape index (κ3) is 16.3. The number of benzene rings is 3. The van der Waals surface area contributed by atoms with Crippen molar-refractivity contribution in [2.24, 2.45) is 5.84 Å². The molecule has 0 aliphatic carbocycles. The molecule has 0 fully saturated rings. The third-order valence-electron chi connectivity index (χ3n) is 8.73. The number of hydrogen-bond donors (Lipinski definition) is 3. The Balaban J connectivity index is 1.28. The van der Waals surface area contributed by atoms with Crippen molar-refractivity contribution in [1.82, 2.24) is 25.4 Å². The average molecular weight is 836 g/mol. The molecule has 0 aliphatic rings. The van der Waals surface area contributed by atoms with Crippen LogP contribution in [0.5, 0.6) is 0 Å².